The van der Waals surface area contributed by atoms with Crippen LogP contribution in [0, 0.1) is 0 Å². The second-order valence-corrected chi connectivity index (χ2v) is 8.87. The monoisotopic (exact) mass is 460 g/mol. The Bertz CT molecular complexity index is 961. The average Bonchev–Trinajstić information content (AvgIpc) is 3.18. The molecule has 0 bridgehead atoms. The molecule has 2 aliphatic heterocycles. The maximum atomic E-state index is 12.8. The Balaban J connectivity index is 0.00000272. The van der Waals surface area contributed by atoms with E-state index < -0.39 is 0 Å². The smallest absolute Gasteiger partial charge is 0.227 e. The number of aryl methyl sites for hydroxylation is 1. The summed E-state index contributed by atoms with van der Waals surface area (Å²) in [7, 11) is 2.12. The number of Topliss-reactive ketones (excluding diaryl/α,β-unsaturated/α-hetero) is 1. The number of benzene rings is 2. The van der Waals surface area contributed by atoms with Crippen LogP contribution in [0.5, 0.6) is 0 Å². The fourth-order valence-corrected chi connectivity index (χ4v) is 4.78. The number of hydrogen-bond donors (Lipinski definition) is 0. The molecule has 0 unspecified atom stereocenters. The molecule has 2 aromatic carbocycles. The van der Waals surface area contributed by atoms with Gasteiger partial charge in [-0.15, -0.1) is 12.4 Å². The number of hydrogen-bond acceptors (Lipinski definition) is 3. The van der Waals surface area contributed by atoms with E-state index in [0.29, 0.717) is 12.8 Å². The number of anilines is 1. The molecule has 0 aliphatic carbocycles. The van der Waals surface area contributed by atoms with Gasteiger partial charge in [0.25, 0.3) is 0 Å². The van der Waals surface area contributed by atoms with Crippen molar-refractivity contribution in [1.29, 1.82) is 0 Å². The van der Waals surface area contributed by atoms with Gasteiger partial charge >= 0.3 is 0 Å². The summed E-state index contributed by atoms with van der Waals surface area (Å²) in [6.45, 7) is 2.70. The van der Waals surface area contributed by atoms with Crippen molar-refractivity contribution in [3.63, 3.8) is 0 Å². The first-order valence-corrected chi connectivity index (χ1v) is 11.3. The van der Waals surface area contributed by atoms with Crippen molar-refractivity contribution in [2.24, 2.45) is 0 Å². The van der Waals surface area contributed by atoms with E-state index >= 15 is 0 Å². The van der Waals surface area contributed by atoms with Gasteiger partial charge in [-0.25, -0.2) is 0 Å². The number of carbonyl (C=O) groups is 2. The molecule has 2 aromatic rings. The Labute approximate surface area is 196 Å². The lowest BCUT2D eigenvalue weighted by atomic mass is 9.94. The second-order valence-electron chi connectivity index (χ2n) is 8.46. The summed E-state index contributed by atoms with van der Waals surface area (Å²) in [5, 5.41) is 0.831. The topological polar surface area (TPSA) is 40.6 Å². The van der Waals surface area contributed by atoms with Crippen LogP contribution in [0.1, 0.15) is 52.7 Å². The highest BCUT2D eigenvalue weighted by atomic mass is 35.5. The highest BCUT2D eigenvalue weighted by molar-refractivity contribution is 6.31. The predicted molar refractivity (Wildman–Crippen MR) is 129 cm³/mol. The van der Waals surface area contributed by atoms with Crippen LogP contribution in [-0.4, -0.2) is 43.3 Å². The minimum absolute atomic E-state index is 0. The SMILES string of the molecule is CN(CCCCC(=O)c1cc2c3c(c1)CCN3C(=O)CC2)CCc1ccccc1Cl.Cl. The van der Waals surface area contributed by atoms with E-state index in [1.165, 1.54) is 16.7 Å². The van der Waals surface area contributed by atoms with Gasteiger partial charge in [0.05, 0.1) is 5.69 Å². The Morgan fingerprint density at radius 2 is 1.81 bits per heavy atom. The number of unbranched alkanes of at least 4 members (excludes halogenated alkanes) is 1. The molecule has 0 radical (unpaired) electrons. The van der Waals surface area contributed by atoms with Crippen molar-refractivity contribution in [2.75, 3.05) is 31.6 Å². The molecule has 0 aromatic heterocycles. The molecule has 6 heteroatoms. The number of ketones is 1. The third kappa shape index (κ3) is 5.49. The lowest BCUT2D eigenvalue weighted by Crippen LogP contribution is -2.32. The Morgan fingerprint density at radius 3 is 2.58 bits per heavy atom. The number of carbonyl (C=O) groups excluding carboxylic acids is 2. The molecule has 0 N–H and O–H groups in total. The van der Waals surface area contributed by atoms with Crippen LogP contribution in [-0.2, 0) is 24.1 Å². The van der Waals surface area contributed by atoms with Gasteiger partial charge in [0, 0.05) is 36.5 Å². The first-order valence-electron chi connectivity index (χ1n) is 10.9. The van der Waals surface area contributed by atoms with E-state index in [1.54, 1.807) is 0 Å². The fraction of sp³-hybridized carbons (Fsp3) is 0.440. The summed E-state index contributed by atoms with van der Waals surface area (Å²) < 4.78 is 0. The van der Waals surface area contributed by atoms with Crippen LogP contribution in [0.4, 0.5) is 5.69 Å². The molecule has 31 heavy (non-hydrogen) atoms. The molecule has 0 spiro atoms. The minimum Gasteiger partial charge on any atom is -0.312 e. The lowest BCUT2D eigenvalue weighted by molar-refractivity contribution is -0.118. The number of nitrogens with zero attached hydrogens (tertiary/aromatic N) is 2. The summed E-state index contributed by atoms with van der Waals surface area (Å²) in [6.07, 6.45) is 5.61. The van der Waals surface area contributed by atoms with Crippen LogP contribution >= 0.6 is 24.0 Å². The van der Waals surface area contributed by atoms with Crippen LogP contribution < -0.4 is 4.90 Å². The van der Waals surface area contributed by atoms with Crippen molar-refractivity contribution < 1.29 is 9.59 Å². The molecule has 2 heterocycles. The first kappa shape index (κ1) is 23.8. The molecule has 2 aliphatic rings. The standard InChI is InChI=1S/C25H29ClN2O2.ClH/c1-27(14-11-18-6-2-3-7-22(18)26)13-5-4-8-23(29)21-16-19-9-10-24(30)28-15-12-20(17-21)25(19)28;/h2-3,6-7,16-17H,4-5,8-15H2,1H3;1H. The van der Waals surface area contributed by atoms with Crippen LogP contribution in [0.25, 0.3) is 0 Å². The number of rotatable bonds is 9. The Morgan fingerprint density at radius 1 is 1.06 bits per heavy atom. The summed E-state index contributed by atoms with van der Waals surface area (Å²) in [6, 6.07) is 12.0. The van der Waals surface area contributed by atoms with Crippen molar-refractivity contribution >= 4 is 41.4 Å². The van der Waals surface area contributed by atoms with Crippen LogP contribution in [0.3, 0.4) is 0 Å². The van der Waals surface area contributed by atoms with Gasteiger partial charge in [0.1, 0.15) is 0 Å². The molecular weight excluding hydrogens is 431 g/mol. The van der Waals surface area contributed by atoms with E-state index in [4.69, 9.17) is 11.6 Å². The fourth-order valence-electron chi connectivity index (χ4n) is 4.55. The highest BCUT2D eigenvalue weighted by Gasteiger charge is 2.31. The summed E-state index contributed by atoms with van der Waals surface area (Å²) in [4.78, 5) is 29.0. The maximum Gasteiger partial charge on any atom is 0.227 e. The van der Waals surface area contributed by atoms with Gasteiger partial charge in [-0.05, 0) is 80.6 Å². The molecule has 4 nitrogen and oxygen atoms in total. The number of amides is 1. The van der Waals surface area contributed by atoms with E-state index in [9.17, 15) is 9.59 Å². The van der Waals surface area contributed by atoms with E-state index in [-0.39, 0.29) is 24.1 Å². The van der Waals surface area contributed by atoms with Crippen molar-refractivity contribution in [1.82, 2.24) is 4.90 Å². The molecule has 0 saturated carbocycles. The molecular formula is C25H30Cl2N2O2. The zero-order valence-corrected chi connectivity index (χ0v) is 19.6. The van der Waals surface area contributed by atoms with E-state index in [2.05, 4.69) is 18.0 Å². The zero-order chi connectivity index (χ0) is 21.1. The molecule has 4 rings (SSSR count). The lowest BCUT2D eigenvalue weighted by Gasteiger charge is -2.25. The molecule has 0 atom stereocenters. The van der Waals surface area contributed by atoms with Gasteiger partial charge < -0.3 is 9.80 Å². The van der Waals surface area contributed by atoms with Gasteiger partial charge in [-0.3, -0.25) is 9.59 Å². The minimum atomic E-state index is 0. The predicted octanol–water partition coefficient (Wildman–Crippen LogP) is 5.12. The quantitative estimate of drug-likeness (QED) is 0.384. The summed E-state index contributed by atoms with van der Waals surface area (Å²) >= 11 is 6.23. The van der Waals surface area contributed by atoms with Crippen molar-refractivity contribution in [3.05, 3.63) is 63.7 Å². The molecule has 0 saturated heterocycles. The Kier molecular flexibility index (Phi) is 8.15. The van der Waals surface area contributed by atoms with Gasteiger partial charge in [0.15, 0.2) is 5.78 Å². The summed E-state index contributed by atoms with van der Waals surface area (Å²) in [5.74, 6) is 0.446. The molecule has 1 amide bonds. The largest absolute Gasteiger partial charge is 0.312 e. The second kappa shape index (κ2) is 10.6. The average molecular weight is 461 g/mol. The third-order valence-corrected chi connectivity index (χ3v) is 6.66. The van der Waals surface area contributed by atoms with Crippen molar-refractivity contribution in [3.8, 4) is 0 Å². The van der Waals surface area contributed by atoms with Crippen LogP contribution in [0.15, 0.2) is 36.4 Å². The molecule has 166 valence electrons. The van der Waals surface area contributed by atoms with Gasteiger partial charge in [-0.1, -0.05) is 29.8 Å². The maximum absolute atomic E-state index is 12.8. The summed E-state index contributed by atoms with van der Waals surface area (Å²) in [5.41, 5.74) is 5.44. The van der Waals surface area contributed by atoms with Crippen molar-refractivity contribution in [2.45, 2.75) is 44.9 Å². The number of halogens is 2. The molecule has 0 fully saturated rings. The zero-order valence-electron chi connectivity index (χ0n) is 18.0. The van der Waals surface area contributed by atoms with Gasteiger partial charge in [-0.2, -0.15) is 0 Å². The van der Waals surface area contributed by atoms with E-state index in [0.717, 1.165) is 68.0 Å². The van der Waals surface area contributed by atoms with Gasteiger partial charge in [0.2, 0.25) is 5.91 Å². The van der Waals surface area contributed by atoms with Crippen LogP contribution in [0.2, 0.25) is 5.02 Å². The highest BCUT2D eigenvalue weighted by Crippen LogP contribution is 2.37. The van der Waals surface area contributed by atoms with E-state index in [1.807, 2.05) is 35.2 Å². The third-order valence-electron chi connectivity index (χ3n) is 6.29. The number of likely N-dealkylation sites (N-methyl/N-ethyl adjacent to an activating group) is 1. The normalized spacial score (nSPS) is 14.5. The Hall–Kier alpha value is -1.88. The first-order chi connectivity index (χ1) is 14.5.